The molecule has 2 aromatic heterocycles. The number of non-ortho nitro benzene ring substituents is 1. The Bertz CT molecular complexity index is 1680. The van der Waals surface area contributed by atoms with Crippen LogP contribution in [0.1, 0.15) is 5.76 Å². The van der Waals surface area contributed by atoms with Gasteiger partial charge in [0.1, 0.15) is 18.1 Å². The van der Waals surface area contributed by atoms with E-state index in [0.29, 0.717) is 43.9 Å². The number of hydrogen-bond acceptors (Lipinski definition) is 6. The van der Waals surface area contributed by atoms with Crippen molar-refractivity contribution in [3.8, 4) is 11.3 Å². The summed E-state index contributed by atoms with van der Waals surface area (Å²) in [5.41, 5.74) is 3.91. The second-order valence-electron chi connectivity index (χ2n) is 7.87. The van der Waals surface area contributed by atoms with Gasteiger partial charge in [0.05, 0.1) is 27.2 Å². The average Bonchev–Trinajstić information content (AvgIpc) is 3.35. The van der Waals surface area contributed by atoms with Crippen LogP contribution in [-0.4, -0.2) is 21.6 Å². The monoisotopic (exact) mass is 500 g/mol. The van der Waals surface area contributed by atoms with E-state index in [4.69, 9.17) is 16.0 Å². The molecule has 5 rings (SSSR count). The number of amides is 1. The van der Waals surface area contributed by atoms with Gasteiger partial charge < -0.3 is 8.98 Å². The topological polar surface area (TPSA) is 120 Å². The molecule has 0 fully saturated rings. The molecule has 10 heteroatoms. The van der Waals surface area contributed by atoms with E-state index in [0.717, 1.165) is 0 Å². The van der Waals surface area contributed by atoms with Crippen molar-refractivity contribution in [1.29, 1.82) is 0 Å². The molecule has 0 radical (unpaired) electrons. The first-order valence-electron chi connectivity index (χ1n) is 10.8. The highest BCUT2D eigenvalue weighted by atomic mass is 35.5. The molecule has 0 saturated carbocycles. The van der Waals surface area contributed by atoms with Gasteiger partial charge in [0.25, 0.3) is 11.6 Å². The van der Waals surface area contributed by atoms with Crippen molar-refractivity contribution in [2.75, 3.05) is 0 Å². The van der Waals surface area contributed by atoms with Gasteiger partial charge in [-0.2, -0.15) is 5.10 Å². The number of pyridine rings is 1. The van der Waals surface area contributed by atoms with E-state index in [9.17, 15) is 19.7 Å². The summed E-state index contributed by atoms with van der Waals surface area (Å²) < 4.78 is 7.44. The molecule has 3 aromatic carbocycles. The minimum Gasteiger partial charge on any atom is -0.455 e. The third kappa shape index (κ3) is 4.35. The van der Waals surface area contributed by atoms with E-state index < -0.39 is 10.8 Å². The Labute approximate surface area is 208 Å². The van der Waals surface area contributed by atoms with Crippen molar-refractivity contribution >= 4 is 51.2 Å². The Hall–Kier alpha value is -4.76. The number of carbonyl (C=O) groups excluding carboxylic acids is 1. The van der Waals surface area contributed by atoms with E-state index >= 15 is 0 Å². The first kappa shape index (κ1) is 23.0. The van der Waals surface area contributed by atoms with Crippen LogP contribution in [0.5, 0.6) is 0 Å². The van der Waals surface area contributed by atoms with Gasteiger partial charge in [-0.15, -0.1) is 0 Å². The predicted molar refractivity (Wildman–Crippen MR) is 137 cm³/mol. The largest absolute Gasteiger partial charge is 0.455 e. The summed E-state index contributed by atoms with van der Waals surface area (Å²) in [4.78, 5) is 36.1. The van der Waals surface area contributed by atoms with E-state index in [1.807, 2.05) is 12.1 Å². The van der Waals surface area contributed by atoms with Crippen molar-refractivity contribution in [1.82, 2.24) is 9.99 Å². The number of hydrogen-bond donors (Lipinski definition) is 1. The number of para-hydroxylation sites is 2. The molecule has 1 amide bonds. The summed E-state index contributed by atoms with van der Waals surface area (Å²) in [6.07, 6.45) is 1.31. The quantitative estimate of drug-likeness (QED) is 0.150. The molecule has 36 heavy (non-hydrogen) atoms. The maximum Gasteiger partial charge on any atom is 0.270 e. The Balaban J connectivity index is 1.36. The number of rotatable bonds is 6. The summed E-state index contributed by atoms with van der Waals surface area (Å²) >= 11 is 6.17. The fourth-order valence-electron chi connectivity index (χ4n) is 3.98. The van der Waals surface area contributed by atoms with Gasteiger partial charge in [0.2, 0.25) is 0 Å². The molecule has 0 unspecified atom stereocenters. The van der Waals surface area contributed by atoms with Gasteiger partial charge >= 0.3 is 0 Å². The molecule has 1 N–H and O–H groups in total. The molecular weight excluding hydrogens is 484 g/mol. The second kappa shape index (κ2) is 9.47. The molecule has 2 heterocycles. The van der Waals surface area contributed by atoms with Crippen LogP contribution in [-0.2, 0) is 11.3 Å². The van der Waals surface area contributed by atoms with Crippen LogP contribution in [0.4, 0.5) is 5.69 Å². The number of nitro groups is 1. The van der Waals surface area contributed by atoms with Crippen LogP contribution < -0.4 is 10.9 Å². The Morgan fingerprint density at radius 2 is 1.69 bits per heavy atom. The molecule has 0 aliphatic heterocycles. The van der Waals surface area contributed by atoms with Crippen LogP contribution >= 0.6 is 11.6 Å². The summed E-state index contributed by atoms with van der Waals surface area (Å²) in [5.74, 6) is 0.230. The van der Waals surface area contributed by atoms with Crippen LogP contribution in [0.15, 0.2) is 93.2 Å². The summed E-state index contributed by atoms with van der Waals surface area (Å²) in [6.45, 7) is -0.0641. The first-order valence-corrected chi connectivity index (χ1v) is 11.2. The summed E-state index contributed by atoms with van der Waals surface area (Å²) in [5, 5.41) is 16.4. The zero-order valence-corrected chi connectivity index (χ0v) is 19.3. The number of benzene rings is 3. The number of nitro benzene ring substituents is 1. The average molecular weight is 501 g/mol. The molecule has 0 bridgehead atoms. The van der Waals surface area contributed by atoms with Crippen LogP contribution in [0.25, 0.3) is 33.1 Å². The lowest BCUT2D eigenvalue weighted by Crippen LogP contribution is -2.25. The lowest BCUT2D eigenvalue weighted by Gasteiger charge is -2.14. The number of nitrogens with zero attached hydrogens (tertiary/aromatic N) is 3. The minimum atomic E-state index is -0.518. The van der Waals surface area contributed by atoms with Gasteiger partial charge in [0.15, 0.2) is 5.43 Å². The fraction of sp³-hybridized carbons (Fsp3) is 0.0385. The normalized spacial score (nSPS) is 11.4. The highest BCUT2D eigenvalue weighted by Crippen LogP contribution is 2.32. The van der Waals surface area contributed by atoms with Gasteiger partial charge in [-0.25, -0.2) is 5.43 Å². The SMILES string of the molecule is O=C(Cn1c2ccccc2c(=O)c2ccccc21)N/N=C/c1ccc(-c2cc([N+](=O)[O-])ccc2Cl)o1. The van der Waals surface area contributed by atoms with Crippen LogP contribution in [0.2, 0.25) is 5.02 Å². The van der Waals surface area contributed by atoms with Crippen molar-refractivity contribution in [3.63, 3.8) is 0 Å². The van der Waals surface area contributed by atoms with Crippen molar-refractivity contribution in [2.24, 2.45) is 5.10 Å². The predicted octanol–water partition coefficient (Wildman–Crippen LogP) is 5.13. The van der Waals surface area contributed by atoms with Gasteiger partial charge in [-0.3, -0.25) is 19.7 Å². The third-order valence-electron chi connectivity index (χ3n) is 5.61. The van der Waals surface area contributed by atoms with E-state index in [1.165, 1.54) is 24.4 Å². The number of fused-ring (bicyclic) bond motifs is 2. The highest BCUT2D eigenvalue weighted by Gasteiger charge is 2.15. The van der Waals surface area contributed by atoms with Crippen LogP contribution in [0.3, 0.4) is 0 Å². The van der Waals surface area contributed by atoms with Crippen molar-refractivity contribution in [2.45, 2.75) is 6.54 Å². The highest BCUT2D eigenvalue weighted by molar-refractivity contribution is 6.33. The number of halogens is 1. The number of aromatic nitrogens is 1. The lowest BCUT2D eigenvalue weighted by molar-refractivity contribution is -0.384. The standard InChI is InChI=1S/C26H17ClN4O5/c27-21-11-9-16(31(34)35)13-20(21)24-12-10-17(36-24)14-28-29-25(32)15-30-22-7-3-1-5-18(22)26(33)19-6-2-4-8-23(19)30/h1-14H,15H2,(H,29,32)/b28-14+. The molecule has 0 aliphatic carbocycles. The van der Waals surface area contributed by atoms with Crippen molar-refractivity contribution < 1.29 is 14.1 Å². The summed E-state index contributed by atoms with van der Waals surface area (Å²) in [6, 6.07) is 21.5. The Morgan fingerprint density at radius 3 is 2.36 bits per heavy atom. The van der Waals surface area contributed by atoms with Crippen molar-refractivity contribution in [3.05, 3.63) is 110 Å². The van der Waals surface area contributed by atoms with E-state index in [1.54, 1.807) is 53.1 Å². The molecule has 0 spiro atoms. The molecule has 5 aromatic rings. The van der Waals surface area contributed by atoms with Crippen LogP contribution in [0, 0.1) is 10.1 Å². The molecule has 0 aliphatic rings. The lowest BCUT2D eigenvalue weighted by atomic mass is 10.1. The van der Waals surface area contributed by atoms with E-state index in [-0.39, 0.29) is 17.7 Å². The maximum absolute atomic E-state index is 12.8. The van der Waals surface area contributed by atoms with Gasteiger partial charge in [0, 0.05) is 28.5 Å². The maximum atomic E-state index is 12.8. The minimum absolute atomic E-state index is 0.0641. The number of nitrogens with one attached hydrogen (secondary N) is 1. The first-order chi connectivity index (χ1) is 17.4. The molecule has 0 atom stereocenters. The van der Waals surface area contributed by atoms with Gasteiger partial charge in [-0.1, -0.05) is 35.9 Å². The molecular formula is C26H17ClN4O5. The molecule has 0 saturated heterocycles. The van der Waals surface area contributed by atoms with Gasteiger partial charge in [-0.05, 0) is 42.5 Å². The zero-order valence-electron chi connectivity index (χ0n) is 18.6. The number of hydrazone groups is 1. The number of furan rings is 1. The second-order valence-corrected chi connectivity index (χ2v) is 8.27. The fourth-order valence-corrected chi connectivity index (χ4v) is 4.19. The Kier molecular flexibility index (Phi) is 6.05. The molecule has 178 valence electrons. The molecule has 9 nitrogen and oxygen atoms in total. The third-order valence-corrected chi connectivity index (χ3v) is 5.94. The number of carbonyl (C=O) groups is 1. The zero-order chi connectivity index (χ0) is 25.2. The Morgan fingerprint density at radius 1 is 1.03 bits per heavy atom. The smallest absolute Gasteiger partial charge is 0.270 e. The van der Waals surface area contributed by atoms with E-state index in [2.05, 4.69) is 10.5 Å². The summed E-state index contributed by atoms with van der Waals surface area (Å²) in [7, 11) is 0.